The molecule has 0 fully saturated rings. The van der Waals surface area contributed by atoms with Crippen LogP contribution in [0.3, 0.4) is 0 Å². The zero-order valence-corrected chi connectivity index (χ0v) is 9.82. The molecule has 2 rings (SSSR count). The number of non-ortho nitro benzene ring substituents is 1. The third-order valence-electron chi connectivity index (χ3n) is 2.23. The van der Waals surface area contributed by atoms with Crippen LogP contribution in [0.15, 0.2) is 42.5 Å². The Hall–Kier alpha value is -2.14. The molecular formula is C12H8ClFN2O2. The Balaban J connectivity index is 2.28. The number of nitrogens with zero attached hydrogens (tertiary/aromatic N) is 1. The monoisotopic (exact) mass is 266 g/mol. The van der Waals surface area contributed by atoms with Crippen molar-refractivity contribution >= 4 is 28.7 Å². The van der Waals surface area contributed by atoms with Gasteiger partial charge in [0.1, 0.15) is 5.82 Å². The lowest BCUT2D eigenvalue weighted by molar-refractivity contribution is -0.385. The zero-order chi connectivity index (χ0) is 13.1. The molecule has 0 bridgehead atoms. The van der Waals surface area contributed by atoms with Crippen LogP contribution in [0.25, 0.3) is 0 Å². The molecule has 92 valence electrons. The van der Waals surface area contributed by atoms with Gasteiger partial charge in [-0.25, -0.2) is 4.39 Å². The summed E-state index contributed by atoms with van der Waals surface area (Å²) in [7, 11) is 0. The van der Waals surface area contributed by atoms with E-state index in [1.165, 1.54) is 12.1 Å². The Morgan fingerprint density at radius 1 is 1.11 bits per heavy atom. The van der Waals surface area contributed by atoms with Gasteiger partial charge in [0.05, 0.1) is 11.0 Å². The second-order valence-corrected chi connectivity index (χ2v) is 4.02. The van der Waals surface area contributed by atoms with Crippen LogP contribution in [0.1, 0.15) is 0 Å². The lowest BCUT2D eigenvalue weighted by atomic mass is 10.2. The Morgan fingerprint density at radius 2 is 1.78 bits per heavy atom. The lowest BCUT2D eigenvalue weighted by Crippen LogP contribution is -1.94. The van der Waals surface area contributed by atoms with E-state index in [4.69, 9.17) is 11.6 Å². The highest BCUT2D eigenvalue weighted by molar-refractivity contribution is 6.30. The highest BCUT2D eigenvalue weighted by Crippen LogP contribution is 2.24. The molecule has 0 aliphatic carbocycles. The molecule has 6 heteroatoms. The first-order chi connectivity index (χ1) is 8.54. The van der Waals surface area contributed by atoms with Gasteiger partial charge >= 0.3 is 0 Å². The minimum Gasteiger partial charge on any atom is -0.355 e. The highest BCUT2D eigenvalue weighted by atomic mass is 35.5. The molecule has 0 saturated heterocycles. The average molecular weight is 267 g/mol. The number of nitro groups is 1. The van der Waals surface area contributed by atoms with Crippen molar-refractivity contribution in [3.8, 4) is 0 Å². The van der Waals surface area contributed by atoms with Crippen molar-refractivity contribution in [1.29, 1.82) is 0 Å². The van der Waals surface area contributed by atoms with Crippen LogP contribution >= 0.6 is 11.6 Å². The quantitative estimate of drug-likeness (QED) is 0.671. The van der Waals surface area contributed by atoms with Crippen molar-refractivity contribution in [1.82, 2.24) is 0 Å². The maximum Gasteiger partial charge on any atom is 0.274 e. The lowest BCUT2D eigenvalue weighted by Gasteiger charge is -2.06. The minimum atomic E-state index is -0.666. The standard InChI is InChI=1S/C12H8ClFN2O2/c13-8-1-3-10(4-2-8)15-11-5-9(14)6-12(7-11)16(17)18/h1-7,15H. The van der Waals surface area contributed by atoms with Crippen LogP contribution in [0, 0.1) is 15.9 Å². The Morgan fingerprint density at radius 3 is 2.39 bits per heavy atom. The van der Waals surface area contributed by atoms with Crippen molar-refractivity contribution in [3.05, 3.63) is 63.4 Å². The summed E-state index contributed by atoms with van der Waals surface area (Å²) in [4.78, 5) is 9.95. The van der Waals surface area contributed by atoms with E-state index in [0.29, 0.717) is 16.4 Å². The average Bonchev–Trinajstić information content (AvgIpc) is 2.31. The van der Waals surface area contributed by atoms with E-state index in [9.17, 15) is 14.5 Å². The van der Waals surface area contributed by atoms with Crippen LogP contribution < -0.4 is 5.32 Å². The second kappa shape index (κ2) is 5.01. The van der Waals surface area contributed by atoms with Crippen LogP contribution in [-0.4, -0.2) is 4.92 Å². The Labute approximate surface area is 107 Å². The summed E-state index contributed by atoms with van der Waals surface area (Å²) < 4.78 is 13.2. The number of halogens is 2. The summed E-state index contributed by atoms with van der Waals surface area (Å²) in [5, 5.41) is 14.0. The molecule has 0 aliphatic heterocycles. The fraction of sp³-hybridized carbons (Fsp3) is 0. The van der Waals surface area contributed by atoms with Crippen LogP contribution in [0.2, 0.25) is 5.02 Å². The number of nitro benzene ring substituents is 1. The maximum atomic E-state index is 13.2. The highest BCUT2D eigenvalue weighted by Gasteiger charge is 2.09. The largest absolute Gasteiger partial charge is 0.355 e. The molecule has 0 unspecified atom stereocenters. The first-order valence-electron chi connectivity index (χ1n) is 5.02. The molecule has 2 aromatic carbocycles. The number of hydrogen-bond donors (Lipinski definition) is 1. The molecule has 0 saturated carbocycles. The van der Waals surface area contributed by atoms with E-state index in [1.54, 1.807) is 24.3 Å². The first-order valence-corrected chi connectivity index (χ1v) is 5.40. The maximum absolute atomic E-state index is 13.2. The summed E-state index contributed by atoms with van der Waals surface area (Å²) >= 11 is 5.73. The third kappa shape index (κ3) is 2.95. The van der Waals surface area contributed by atoms with Gasteiger partial charge < -0.3 is 5.32 Å². The molecule has 1 N–H and O–H groups in total. The first kappa shape index (κ1) is 12.3. The number of nitrogens with one attached hydrogen (secondary N) is 1. The Kier molecular flexibility index (Phi) is 3.43. The molecule has 0 aromatic heterocycles. The molecule has 0 atom stereocenters. The summed E-state index contributed by atoms with van der Waals surface area (Å²) in [6.07, 6.45) is 0. The van der Waals surface area contributed by atoms with Crippen LogP contribution in [0.4, 0.5) is 21.5 Å². The minimum absolute atomic E-state index is 0.300. The normalized spacial score (nSPS) is 10.1. The van der Waals surface area contributed by atoms with Crippen LogP contribution in [0.5, 0.6) is 0 Å². The van der Waals surface area contributed by atoms with Gasteiger partial charge in [-0.3, -0.25) is 10.1 Å². The molecule has 2 aromatic rings. The van der Waals surface area contributed by atoms with E-state index in [2.05, 4.69) is 5.32 Å². The van der Waals surface area contributed by atoms with Crippen molar-refractivity contribution in [2.75, 3.05) is 5.32 Å². The molecule has 0 spiro atoms. The molecule has 0 radical (unpaired) electrons. The van der Waals surface area contributed by atoms with Gasteiger partial charge in [0.15, 0.2) is 0 Å². The van der Waals surface area contributed by atoms with Crippen molar-refractivity contribution < 1.29 is 9.31 Å². The van der Waals surface area contributed by atoms with Gasteiger partial charge in [-0.05, 0) is 30.3 Å². The summed E-state index contributed by atoms with van der Waals surface area (Å²) in [5.74, 6) is -0.666. The van der Waals surface area contributed by atoms with E-state index >= 15 is 0 Å². The molecular weight excluding hydrogens is 259 g/mol. The van der Waals surface area contributed by atoms with E-state index in [1.807, 2.05) is 0 Å². The van der Waals surface area contributed by atoms with Crippen LogP contribution in [-0.2, 0) is 0 Å². The SMILES string of the molecule is O=[N+]([O-])c1cc(F)cc(Nc2ccc(Cl)cc2)c1. The summed E-state index contributed by atoms with van der Waals surface area (Å²) in [5.41, 5.74) is 0.676. The molecule has 0 aliphatic rings. The molecule has 18 heavy (non-hydrogen) atoms. The molecule has 4 nitrogen and oxygen atoms in total. The predicted molar refractivity (Wildman–Crippen MR) is 67.8 cm³/mol. The molecule has 0 amide bonds. The number of anilines is 2. The van der Waals surface area contributed by atoms with Crippen molar-refractivity contribution in [2.24, 2.45) is 0 Å². The second-order valence-electron chi connectivity index (χ2n) is 3.59. The number of hydrogen-bond acceptors (Lipinski definition) is 3. The fourth-order valence-corrected chi connectivity index (χ4v) is 1.58. The van der Waals surface area contributed by atoms with E-state index in [-0.39, 0.29) is 5.69 Å². The van der Waals surface area contributed by atoms with Crippen molar-refractivity contribution in [2.45, 2.75) is 0 Å². The topological polar surface area (TPSA) is 55.2 Å². The van der Waals surface area contributed by atoms with Gasteiger partial charge in [0, 0.05) is 22.5 Å². The van der Waals surface area contributed by atoms with Crippen molar-refractivity contribution in [3.63, 3.8) is 0 Å². The van der Waals surface area contributed by atoms with E-state index in [0.717, 1.165) is 6.07 Å². The van der Waals surface area contributed by atoms with E-state index < -0.39 is 10.7 Å². The molecule has 0 heterocycles. The number of benzene rings is 2. The zero-order valence-electron chi connectivity index (χ0n) is 9.06. The van der Waals surface area contributed by atoms with Gasteiger partial charge in [-0.1, -0.05) is 11.6 Å². The summed E-state index contributed by atoms with van der Waals surface area (Å²) in [6, 6.07) is 10.0. The van der Waals surface area contributed by atoms with Gasteiger partial charge in [-0.15, -0.1) is 0 Å². The van der Waals surface area contributed by atoms with Gasteiger partial charge in [0.25, 0.3) is 5.69 Å². The fourth-order valence-electron chi connectivity index (χ4n) is 1.45. The number of rotatable bonds is 3. The third-order valence-corrected chi connectivity index (χ3v) is 2.48. The Bertz CT molecular complexity index is 587. The van der Waals surface area contributed by atoms with Gasteiger partial charge in [-0.2, -0.15) is 0 Å². The predicted octanol–water partition coefficient (Wildman–Crippen LogP) is 4.13. The summed E-state index contributed by atoms with van der Waals surface area (Å²) in [6.45, 7) is 0. The smallest absolute Gasteiger partial charge is 0.274 e. The van der Waals surface area contributed by atoms with Gasteiger partial charge in [0.2, 0.25) is 0 Å².